The summed E-state index contributed by atoms with van der Waals surface area (Å²) in [4.78, 5) is 12.4. The second-order valence-electron chi connectivity index (χ2n) is 5.66. The number of nitrogens with one attached hydrogen (secondary N) is 1. The van der Waals surface area contributed by atoms with Gasteiger partial charge in [0.1, 0.15) is 5.69 Å². The summed E-state index contributed by atoms with van der Waals surface area (Å²) in [7, 11) is 0. The van der Waals surface area contributed by atoms with E-state index in [1.54, 1.807) is 18.2 Å². The van der Waals surface area contributed by atoms with Gasteiger partial charge in [0.2, 0.25) is 4.77 Å². The van der Waals surface area contributed by atoms with Gasteiger partial charge in [-0.3, -0.25) is 9.89 Å². The zero-order chi connectivity index (χ0) is 16.5. The molecule has 0 atom stereocenters. The molecule has 2 rings (SSSR count). The molecule has 1 N–H and O–H groups in total. The van der Waals surface area contributed by atoms with Crippen molar-refractivity contribution in [2.75, 3.05) is 0 Å². The highest BCUT2D eigenvalue weighted by Crippen LogP contribution is 2.21. The van der Waals surface area contributed by atoms with Gasteiger partial charge in [0.05, 0.1) is 16.3 Å². The standard InChI is InChI=1S/C14H14Cl2N4OS/c1-14(2,3)11-12(21)20(13(22)19-18-11)17-7-8-4-5-9(15)10(16)6-8/h4-7H,1-3H3,(H,19,22)/b17-7-. The van der Waals surface area contributed by atoms with E-state index in [2.05, 4.69) is 15.3 Å². The van der Waals surface area contributed by atoms with Crippen molar-refractivity contribution in [1.82, 2.24) is 14.9 Å². The number of aromatic amines is 1. The van der Waals surface area contributed by atoms with E-state index in [1.807, 2.05) is 20.8 Å². The van der Waals surface area contributed by atoms with Gasteiger partial charge in [0.15, 0.2) is 0 Å². The Bertz CT molecular complexity index is 849. The first-order valence-electron chi connectivity index (χ1n) is 6.42. The summed E-state index contributed by atoms with van der Waals surface area (Å²) in [6.45, 7) is 5.67. The summed E-state index contributed by atoms with van der Waals surface area (Å²) < 4.78 is 1.22. The molecule has 2 aromatic rings. The number of hydrogen-bond donors (Lipinski definition) is 1. The van der Waals surface area contributed by atoms with E-state index in [9.17, 15) is 4.79 Å². The third-order valence-corrected chi connectivity index (χ3v) is 3.83. The van der Waals surface area contributed by atoms with Crippen molar-refractivity contribution in [3.63, 3.8) is 0 Å². The van der Waals surface area contributed by atoms with Crippen molar-refractivity contribution < 1.29 is 0 Å². The molecule has 1 aromatic heterocycles. The molecule has 22 heavy (non-hydrogen) atoms. The van der Waals surface area contributed by atoms with Crippen molar-refractivity contribution in [2.45, 2.75) is 26.2 Å². The molecule has 5 nitrogen and oxygen atoms in total. The predicted molar refractivity (Wildman–Crippen MR) is 91.8 cm³/mol. The fourth-order valence-electron chi connectivity index (χ4n) is 1.70. The molecule has 1 heterocycles. The Morgan fingerprint density at radius 1 is 1.32 bits per heavy atom. The van der Waals surface area contributed by atoms with E-state index >= 15 is 0 Å². The fraction of sp³-hybridized carbons (Fsp3) is 0.286. The van der Waals surface area contributed by atoms with Crippen LogP contribution in [0.25, 0.3) is 0 Å². The third kappa shape index (κ3) is 3.63. The third-order valence-electron chi connectivity index (χ3n) is 2.83. The van der Waals surface area contributed by atoms with Crippen molar-refractivity contribution in [3.05, 3.63) is 54.6 Å². The normalized spacial score (nSPS) is 12.0. The highest BCUT2D eigenvalue weighted by Gasteiger charge is 2.21. The zero-order valence-corrected chi connectivity index (χ0v) is 14.6. The van der Waals surface area contributed by atoms with Crippen LogP contribution in [0.15, 0.2) is 28.1 Å². The maximum Gasteiger partial charge on any atom is 0.297 e. The van der Waals surface area contributed by atoms with Gasteiger partial charge in [0, 0.05) is 5.41 Å². The highest BCUT2D eigenvalue weighted by atomic mass is 35.5. The number of H-pyrrole nitrogens is 1. The van der Waals surface area contributed by atoms with E-state index in [4.69, 9.17) is 35.4 Å². The molecule has 116 valence electrons. The Labute approximate surface area is 142 Å². The van der Waals surface area contributed by atoms with E-state index in [0.717, 1.165) is 4.68 Å². The number of halogens is 2. The predicted octanol–water partition coefficient (Wildman–Crippen LogP) is 3.79. The molecule has 0 amide bonds. The lowest BCUT2D eigenvalue weighted by atomic mass is 9.93. The van der Waals surface area contributed by atoms with Crippen LogP contribution >= 0.6 is 35.4 Å². The highest BCUT2D eigenvalue weighted by molar-refractivity contribution is 7.71. The Kier molecular flexibility index (Phi) is 4.84. The molecule has 0 spiro atoms. The zero-order valence-electron chi connectivity index (χ0n) is 12.2. The maximum absolute atomic E-state index is 12.4. The molecule has 0 aliphatic rings. The summed E-state index contributed by atoms with van der Waals surface area (Å²) in [5.41, 5.74) is 0.280. The largest absolute Gasteiger partial charge is 0.297 e. The van der Waals surface area contributed by atoms with E-state index < -0.39 is 5.41 Å². The first-order valence-corrected chi connectivity index (χ1v) is 7.58. The number of hydrogen-bond acceptors (Lipinski definition) is 4. The Hall–Kier alpha value is -1.50. The minimum Gasteiger partial charge on any atom is -0.265 e. The molecular formula is C14H14Cl2N4OS. The SMILES string of the molecule is CC(C)(C)c1n[nH]c(=S)n(/N=C\c2ccc(Cl)c(Cl)c2)c1=O. The molecule has 1 aromatic carbocycles. The molecule has 0 saturated carbocycles. The molecule has 0 aliphatic carbocycles. The van der Waals surface area contributed by atoms with E-state index in [-0.39, 0.29) is 10.3 Å². The van der Waals surface area contributed by atoms with Gasteiger partial charge in [-0.25, -0.2) is 0 Å². The fourth-order valence-corrected chi connectivity index (χ4v) is 2.18. The van der Waals surface area contributed by atoms with Crippen LogP contribution in [0.4, 0.5) is 0 Å². The van der Waals surface area contributed by atoms with Crippen LogP contribution in [-0.2, 0) is 5.41 Å². The van der Waals surface area contributed by atoms with Gasteiger partial charge in [0.25, 0.3) is 5.56 Å². The molecule has 0 saturated heterocycles. The Morgan fingerprint density at radius 2 is 2.00 bits per heavy atom. The molecule has 0 aliphatic heterocycles. The monoisotopic (exact) mass is 356 g/mol. The summed E-state index contributed by atoms with van der Waals surface area (Å²) in [5, 5.41) is 11.6. The van der Waals surface area contributed by atoms with Gasteiger partial charge in [-0.1, -0.05) is 50.0 Å². The number of benzene rings is 1. The second kappa shape index (κ2) is 6.32. The summed E-state index contributed by atoms with van der Waals surface area (Å²) in [5.74, 6) is 0. The average Bonchev–Trinajstić information content (AvgIpc) is 2.41. The van der Waals surface area contributed by atoms with Crippen molar-refractivity contribution in [1.29, 1.82) is 0 Å². The van der Waals surface area contributed by atoms with Crippen LogP contribution in [-0.4, -0.2) is 21.1 Å². The molecule has 0 unspecified atom stereocenters. The molecular weight excluding hydrogens is 343 g/mol. The van der Waals surface area contributed by atoms with Crippen LogP contribution in [0.1, 0.15) is 32.0 Å². The Morgan fingerprint density at radius 3 is 2.59 bits per heavy atom. The first kappa shape index (κ1) is 16.9. The molecule has 0 radical (unpaired) electrons. The number of rotatable bonds is 2. The van der Waals surface area contributed by atoms with Crippen LogP contribution in [0, 0.1) is 4.77 Å². The second-order valence-corrected chi connectivity index (χ2v) is 6.86. The molecule has 8 heteroatoms. The van der Waals surface area contributed by atoms with Crippen LogP contribution in [0.5, 0.6) is 0 Å². The smallest absolute Gasteiger partial charge is 0.265 e. The lowest BCUT2D eigenvalue weighted by Crippen LogP contribution is -2.32. The van der Waals surface area contributed by atoms with Gasteiger partial charge in [-0.2, -0.15) is 14.9 Å². The van der Waals surface area contributed by atoms with Crippen molar-refractivity contribution in [3.8, 4) is 0 Å². The van der Waals surface area contributed by atoms with Crippen LogP contribution in [0.3, 0.4) is 0 Å². The topological polar surface area (TPSA) is 63.0 Å². The summed E-state index contributed by atoms with van der Waals surface area (Å²) in [6.07, 6.45) is 1.49. The molecule has 0 bridgehead atoms. The number of nitrogens with zero attached hydrogens (tertiary/aromatic N) is 3. The van der Waals surface area contributed by atoms with E-state index in [0.29, 0.717) is 21.3 Å². The first-order chi connectivity index (χ1) is 10.2. The van der Waals surface area contributed by atoms with Crippen LogP contribution < -0.4 is 5.56 Å². The van der Waals surface area contributed by atoms with Gasteiger partial charge < -0.3 is 0 Å². The van der Waals surface area contributed by atoms with Crippen molar-refractivity contribution >= 4 is 41.6 Å². The maximum atomic E-state index is 12.4. The Balaban J connectivity index is 2.49. The summed E-state index contributed by atoms with van der Waals surface area (Å²) >= 11 is 16.9. The molecule has 0 fully saturated rings. The quantitative estimate of drug-likeness (QED) is 0.657. The average molecular weight is 357 g/mol. The van der Waals surface area contributed by atoms with Gasteiger partial charge in [-0.05, 0) is 29.9 Å². The van der Waals surface area contributed by atoms with Gasteiger partial charge >= 0.3 is 0 Å². The lowest BCUT2D eigenvalue weighted by molar-refractivity contribution is 0.529. The lowest BCUT2D eigenvalue weighted by Gasteiger charge is -2.16. The van der Waals surface area contributed by atoms with Crippen LogP contribution in [0.2, 0.25) is 10.0 Å². The minimum atomic E-state index is -0.419. The summed E-state index contributed by atoms with van der Waals surface area (Å²) in [6, 6.07) is 5.04. The van der Waals surface area contributed by atoms with Gasteiger partial charge in [-0.15, -0.1) is 0 Å². The van der Waals surface area contributed by atoms with E-state index in [1.165, 1.54) is 6.21 Å². The number of aromatic nitrogens is 3. The van der Waals surface area contributed by atoms with Crippen molar-refractivity contribution in [2.24, 2.45) is 5.10 Å². The minimum absolute atomic E-state index is 0.120.